The molecule has 1 heterocycles. The van der Waals surface area contributed by atoms with Crippen LogP contribution in [-0.4, -0.2) is 20.0 Å². The van der Waals surface area contributed by atoms with E-state index in [0.717, 1.165) is 0 Å². The Hall–Kier alpha value is 0.404. The molecule has 0 radical (unpaired) electrons. The van der Waals surface area contributed by atoms with Crippen LogP contribution in [0.25, 0.3) is 0 Å². The van der Waals surface area contributed by atoms with Gasteiger partial charge in [-0.3, -0.25) is 4.98 Å². The van der Waals surface area contributed by atoms with Crippen LogP contribution in [0.15, 0.2) is 24.5 Å². The fraction of sp³-hybridized carbons (Fsp3) is 0.250. The maximum absolute atomic E-state index is 3.90. The summed E-state index contributed by atoms with van der Waals surface area (Å²) in [4.78, 5) is 5.94. The fourth-order valence-corrected chi connectivity index (χ4v) is 0.642. The summed E-state index contributed by atoms with van der Waals surface area (Å²) < 4.78 is 3.31. The van der Waals surface area contributed by atoms with Gasteiger partial charge < -0.3 is 4.90 Å². The second-order valence-corrected chi connectivity index (χ2v) is 2.10. The molecule has 0 aliphatic rings. The fourth-order valence-electron chi connectivity index (χ4n) is 0.642. The molecule has 0 saturated carbocycles. The molecule has 0 aromatic carbocycles. The number of hydrogen-bond donors (Lipinski definition) is 0. The topological polar surface area (TPSA) is 16.1 Å². The van der Waals surface area contributed by atoms with Gasteiger partial charge in [-0.2, -0.15) is 0 Å². The first kappa shape index (κ1) is 11.4. The summed E-state index contributed by atoms with van der Waals surface area (Å²) in [5.41, 5.74) is 1.19. The molecule has 0 aliphatic heterocycles. The summed E-state index contributed by atoms with van der Waals surface area (Å²) in [6.07, 6.45) is 3.57. The van der Waals surface area contributed by atoms with Crippen LogP contribution in [0, 0.1) is 46.5 Å². The third kappa shape index (κ3) is 4.78. The van der Waals surface area contributed by atoms with Crippen molar-refractivity contribution < 1.29 is 46.5 Å². The third-order valence-corrected chi connectivity index (χ3v) is 1.18. The van der Waals surface area contributed by atoms with Gasteiger partial charge in [-0.1, -0.05) is 0 Å². The van der Waals surface area contributed by atoms with E-state index in [1.807, 2.05) is 31.1 Å². The molecule has 1 rings (SSSR count). The second-order valence-electron chi connectivity index (χ2n) is 2.10. The zero-order chi connectivity index (χ0) is 8.69. The summed E-state index contributed by atoms with van der Waals surface area (Å²) in [7, 11) is 4.02. The van der Waals surface area contributed by atoms with Crippen molar-refractivity contribution in [2.24, 2.45) is 0 Å². The van der Waals surface area contributed by atoms with Crippen LogP contribution in [0.5, 0.6) is 0 Å². The average Bonchev–Trinajstić information content (AvgIpc) is 2.10. The van der Waals surface area contributed by atoms with E-state index in [0.29, 0.717) is 0 Å². The Morgan fingerprint density at radius 3 is 2.00 bits per heavy atom. The Morgan fingerprint density at radius 1 is 1.27 bits per heavy atom. The van der Waals surface area contributed by atoms with E-state index in [9.17, 15) is 0 Å². The van der Waals surface area contributed by atoms with Crippen LogP contribution in [0.1, 0.15) is 0 Å². The van der Waals surface area contributed by atoms with Gasteiger partial charge in [0.25, 0.3) is 0 Å². The van der Waals surface area contributed by atoms with Crippen LogP contribution in [-0.2, 0) is 0 Å². The van der Waals surface area contributed by atoms with Crippen molar-refractivity contribution in [2.75, 3.05) is 19.0 Å². The van der Waals surface area contributed by atoms with Crippen LogP contribution < -0.4 is 4.90 Å². The predicted molar refractivity (Wildman–Crippen MR) is 45.7 cm³/mol. The third-order valence-electron chi connectivity index (χ3n) is 1.18. The molecule has 0 atom stereocenters. The Morgan fingerprint density at radius 2 is 1.73 bits per heavy atom. The predicted octanol–water partition coefficient (Wildman–Crippen LogP) is 1.12. The summed E-state index contributed by atoms with van der Waals surface area (Å²) >= 11 is 1.47. The number of nitrogens with zero attached hydrogens (tertiary/aromatic N) is 2. The molecule has 3 heteroatoms. The van der Waals surface area contributed by atoms with Gasteiger partial charge in [0.2, 0.25) is 0 Å². The number of pyridine rings is 1. The van der Waals surface area contributed by atoms with E-state index in [1.165, 1.54) is 52.2 Å². The van der Waals surface area contributed by atoms with E-state index in [-0.39, 0.29) is 0 Å². The Labute approximate surface area is 100 Å². The number of anilines is 1. The molecule has 0 aliphatic carbocycles. The van der Waals surface area contributed by atoms with Gasteiger partial charge in [0.15, 0.2) is 0 Å². The Kier molecular flexibility index (Phi) is 7.34. The van der Waals surface area contributed by atoms with E-state index in [1.54, 1.807) is 12.4 Å². The Bertz CT molecular complexity index is 187. The zero-order valence-corrected chi connectivity index (χ0v) is 9.21. The van der Waals surface area contributed by atoms with Crippen molar-refractivity contribution in [3.63, 3.8) is 0 Å². The minimum absolute atomic E-state index is 1.19. The average molecular weight is 288 g/mol. The zero-order valence-electron chi connectivity index (χ0n) is 6.79. The van der Waals surface area contributed by atoms with Gasteiger partial charge in [-0.25, -0.2) is 0 Å². The molecule has 1 aromatic rings. The molecule has 11 heavy (non-hydrogen) atoms. The molecule has 0 saturated heterocycles. The molecule has 0 N–H and O–H groups in total. The molecule has 2 nitrogen and oxygen atoms in total. The SMILES string of the molecule is CN(C)c1ccncc1.[CH2]=[Eu]. The summed E-state index contributed by atoms with van der Waals surface area (Å²) in [5.74, 6) is 0. The first-order valence-corrected chi connectivity index (χ1v) is 4.86. The van der Waals surface area contributed by atoms with Crippen molar-refractivity contribution in [3.05, 3.63) is 24.5 Å². The van der Waals surface area contributed by atoms with Crippen molar-refractivity contribution in [1.29, 1.82) is 0 Å². The van der Waals surface area contributed by atoms with Gasteiger partial charge in [0.1, 0.15) is 0 Å². The van der Waals surface area contributed by atoms with Crippen LogP contribution >= 0.6 is 0 Å². The molecule has 0 amide bonds. The molecule has 0 unspecified atom stereocenters. The van der Waals surface area contributed by atoms with Gasteiger partial charge in [-0.15, -0.1) is 0 Å². The van der Waals surface area contributed by atoms with Crippen molar-refractivity contribution in [2.45, 2.75) is 0 Å². The summed E-state index contributed by atoms with van der Waals surface area (Å²) in [6, 6.07) is 3.94. The van der Waals surface area contributed by atoms with E-state index in [2.05, 4.69) is 5.86 Å². The molecule has 61 valence electrons. The van der Waals surface area contributed by atoms with Crippen molar-refractivity contribution in [1.82, 2.24) is 4.98 Å². The normalized spacial score (nSPS) is 7.82. The van der Waals surface area contributed by atoms with Crippen molar-refractivity contribution >= 4 is 6.56 Å². The summed E-state index contributed by atoms with van der Waals surface area (Å²) in [6.45, 7) is 0. The van der Waals surface area contributed by atoms with E-state index in [4.69, 9.17) is 0 Å². The first-order valence-electron chi connectivity index (χ1n) is 3.15. The van der Waals surface area contributed by atoms with Gasteiger partial charge in [-0.05, 0) is 12.1 Å². The van der Waals surface area contributed by atoms with Gasteiger partial charge in [0.05, 0.1) is 0 Å². The van der Waals surface area contributed by atoms with Gasteiger partial charge >= 0.3 is 47.3 Å². The first-order chi connectivity index (χ1) is 5.30. The molecule has 0 bridgehead atoms. The molecule has 0 spiro atoms. The molecule has 1 aromatic heterocycles. The minimum atomic E-state index is 1.19. The molecular formula is C8H12EuN2. The summed E-state index contributed by atoms with van der Waals surface area (Å²) in [5, 5.41) is 0. The number of rotatable bonds is 1. The number of hydrogen-bond acceptors (Lipinski definition) is 2. The Balaban J connectivity index is 0.000000461. The second kappa shape index (κ2) is 7.08. The molecular weight excluding hydrogens is 276 g/mol. The van der Waals surface area contributed by atoms with Crippen LogP contribution in [0.2, 0.25) is 0 Å². The van der Waals surface area contributed by atoms with Gasteiger partial charge in [0, 0.05) is 32.2 Å². The monoisotopic (exact) mass is 289 g/mol. The van der Waals surface area contributed by atoms with Crippen molar-refractivity contribution in [3.8, 4) is 0 Å². The molecule has 0 fully saturated rings. The van der Waals surface area contributed by atoms with Crippen LogP contribution in [0.3, 0.4) is 0 Å². The van der Waals surface area contributed by atoms with E-state index >= 15 is 0 Å². The quantitative estimate of drug-likeness (QED) is 0.770. The maximum atomic E-state index is 3.90. The van der Waals surface area contributed by atoms with Crippen LogP contribution in [0.4, 0.5) is 5.69 Å². The van der Waals surface area contributed by atoms with E-state index < -0.39 is 0 Å². The standard InChI is InChI=1S/C7H10N2.CH2.Eu/c1-9(2)7-3-5-8-6-4-7;;/h3-6H,1-2H3;1H2;. The number of aromatic nitrogens is 1.